The van der Waals surface area contributed by atoms with Crippen LogP contribution in [0.4, 0.5) is 0 Å². The highest BCUT2D eigenvalue weighted by molar-refractivity contribution is 5.48. The molecule has 16 heavy (non-hydrogen) atoms. The fourth-order valence-corrected chi connectivity index (χ4v) is 1.85. The molecule has 2 rings (SSSR count). The number of nitrogens with zero attached hydrogens (tertiary/aromatic N) is 3. The van der Waals surface area contributed by atoms with Crippen LogP contribution in [0.5, 0.6) is 0 Å². The van der Waals surface area contributed by atoms with Crippen molar-refractivity contribution in [1.29, 1.82) is 0 Å². The minimum atomic E-state index is 0.187. The predicted molar refractivity (Wildman–Crippen MR) is 63.3 cm³/mol. The Bertz CT molecular complexity index is 478. The van der Waals surface area contributed by atoms with Gasteiger partial charge in [-0.05, 0) is 25.6 Å². The van der Waals surface area contributed by atoms with Crippen LogP contribution in [0.2, 0.25) is 0 Å². The molecule has 1 N–H and O–H groups in total. The van der Waals surface area contributed by atoms with E-state index in [2.05, 4.69) is 27.3 Å². The van der Waals surface area contributed by atoms with Gasteiger partial charge in [-0.2, -0.15) is 0 Å². The highest BCUT2D eigenvalue weighted by Crippen LogP contribution is 2.12. The van der Waals surface area contributed by atoms with Crippen molar-refractivity contribution in [2.45, 2.75) is 13.5 Å². The number of aromatic nitrogens is 2. The first kappa shape index (κ1) is 11.1. The average molecular weight is 219 g/mol. The van der Waals surface area contributed by atoms with E-state index in [0.717, 1.165) is 17.9 Å². The van der Waals surface area contributed by atoms with E-state index < -0.39 is 0 Å². The zero-order chi connectivity index (χ0) is 11.5. The van der Waals surface area contributed by atoms with Gasteiger partial charge in [0.15, 0.2) is 0 Å². The molecule has 0 fully saturated rings. The summed E-state index contributed by atoms with van der Waals surface area (Å²) in [5.74, 6) is 0. The largest absolute Gasteiger partial charge is 0.395 e. The summed E-state index contributed by atoms with van der Waals surface area (Å²) in [6.07, 6.45) is 3.92. The summed E-state index contributed by atoms with van der Waals surface area (Å²) >= 11 is 0. The third-order valence-electron chi connectivity index (χ3n) is 2.72. The van der Waals surface area contributed by atoms with Gasteiger partial charge in [-0.25, -0.2) is 4.98 Å². The minimum absolute atomic E-state index is 0.187. The van der Waals surface area contributed by atoms with Crippen molar-refractivity contribution < 1.29 is 5.11 Å². The number of imidazole rings is 1. The number of pyridine rings is 1. The van der Waals surface area contributed by atoms with Crippen molar-refractivity contribution in [3.05, 3.63) is 35.8 Å². The van der Waals surface area contributed by atoms with Crippen molar-refractivity contribution in [3.8, 4) is 0 Å². The molecule has 0 amide bonds. The van der Waals surface area contributed by atoms with Gasteiger partial charge < -0.3 is 9.51 Å². The average Bonchev–Trinajstić information content (AvgIpc) is 2.64. The molecule has 86 valence electrons. The number of hydrogen-bond acceptors (Lipinski definition) is 3. The number of aliphatic hydroxyl groups excluding tert-OH is 1. The summed E-state index contributed by atoms with van der Waals surface area (Å²) in [6.45, 7) is 3.72. The Kier molecular flexibility index (Phi) is 3.22. The Labute approximate surface area is 95.1 Å². The topological polar surface area (TPSA) is 40.8 Å². The summed E-state index contributed by atoms with van der Waals surface area (Å²) in [6, 6.07) is 4.09. The third kappa shape index (κ3) is 2.08. The molecule has 0 atom stereocenters. The molecule has 0 aromatic carbocycles. The molecular formula is C12H17N3O. The van der Waals surface area contributed by atoms with Crippen molar-refractivity contribution in [3.63, 3.8) is 0 Å². The van der Waals surface area contributed by atoms with E-state index in [1.54, 1.807) is 0 Å². The van der Waals surface area contributed by atoms with Crippen molar-refractivity contribution in [1.82, 2.24) is 14.3 Å². The molecule has 0 saturated heterocycles. The standard InChI is InChI=1S/C12H17N3O/c1-10-4-3-5-15-11(8-13-12(10)15)9-14(2)6-7-16/h3-5,8,16H,6-7,9H2,1-2H3. The van der Waals surface area contributed by atoms with Crippen LogP contribution < -0.4 is 0 Å². The molecule has 2 heterocycles. The molecule has 0 bridgehead atoms. The molecule has 0 aliphatic carbocycles. The summed E-state index contributed by atoms with van der Waals surface area (Å²) in [4.78, 5) is 6.48. The first-order valence-corrected chi connectivity index (χ1v) is 5.43. The third-order valence-corrected chi connectivity index (χ3v) is 2.72. The lowest BCUT2D eigenvalue weighted by atomic mass is 10.3. The van der Waals surface area contributed by atoms with Gasteiger partial charge in [0, 0.05) is 19.3 Å². The summed E-state index contributed by atoms with van der Waals surface area (Å²) < 4.78 is 2.10. The number of aryl methyl sites for hydroxylation is 1. The lowest BCUT2D eigenvalue weighted by molar-refractivity contribution is 0.216. The van der Waals surface area contributed by atoms with E-state index in [9.17, 15) is 0 Å². The first-order valence-electron chi connectivity index (χ1n) is 5.43. The number of likely N-dealkylation sites (N-methyl/N-ethyl adjacent to an activating group) is 1. The molecule has 0 aliphatic heterocycles. The van der Waals surface area contributed by atoms with E-state index in [1.807, 2.05) is 25.5 Å². The normalized spacial score (nSPS) is 11.5. The fraction of sp³-hybridized carbons (Fsp3) is 0.417. The Morgan fingerprint density at radius 2 is 2.31 bits per heavy atom. The van der Waals surface area contributed by atoms with E-state index in [4.69, 9.17) is 5.11 Å². The van der Waals surface area contributed by atoms with Gasteiger partial charge in [0.05, 0.1) is 18.5 Å². The lowest BCUT2D eigenvalue weighted by Crippen LogP contribution is -2.22. The molecule has 0 radical (unpaired) electrons. The highest BCUT2D eigenvalue weighted by Gasteiger charge is 2.06. The molecule has 0 aliphatic rings. The maximum Gasteiger partial charge on any atom is 0.139 e. The first-order chi connectivity index (χ1) is 7.72. The smallest absolute Gasteiger partial charge is 0.139 e. The molecule has 0 spiro atoms. The number of hydrogen-bond donors (Lipinski definition) is 1. The predicted octanol–water partition coefficient (Wildman–Crippen LogP) is 1.07. The second-order valence-corrected chi connectivity index (χ2v) is 4.10. The van der Waals surface area contributed by atoms with Crippen molar-refractivity contribution in [2.75, 3.05) is 20.2 Å². The van der Waals surface area contributed by atoms with Crippen LogP contribution in [0.15, 0.2) is 24.5 Å². The Hall–Kier alpha value is -1.39. The minimum Gasteiger partial charge on any atom is -0.395 e. The van der Waals surface area contributed by atoms with Crippen LogP contribution in [-0.4, -0.2) is 39.6 Å². The number of rotatable bonds is 4. The Morgan fingerprint density at radius 1 is 1.50 bits per heavy atom. The lowest BCUT2D eigenvalue weighted by Gasteiger charge is -2.14. The highest BCUT2D eigenvalue weighted by atomic mass is 16.3. The van der Waals surface area contributed by atoms with E-state index in [0.29, 0.717) is 6.54 Å². The van der Waals surface area contributed by atoms with Crippen molar-refractivity contribution in [2.24, 2.45) is 0 Å². The van der Waals surface area contributed by atoms with E-state index >= 15 is 0 Å². The Balaban J connectivity index is 2.28. The SMILES string of the molecule is Cc1cccn2c(CN(C)CCO)cnc12. The van der Waals surface area contributed by atoms with Gasteiger partial charge in [0.25, 0.3) is 0 Å². The molecule has 2 aromatic rings. The van der Waals surface area contributed by atoms with Crippen LogP contribution in [0.1, 0.15) is 11.3 Å². The van der Waals surface area contributed by atoms with Crippen LogP contribution in [-0.2, 0) is 6.54 Å². The second-order valence-electron chi connectivity index (χ2n) is 4.10. The van der Waals surface area contributed by atoms with E-state index in [1.165, 1.54) is 5.56 Å². The van der Waals surface area contributed by atoms with Gasteiger partial charge in [-0.15, -0.1) is 0 Å². The maximum atomic E-state index is 8.86. The molecule has 0 unspecified atom stereocenters. The zero-order valence-corrected chi connectivity index (χ0v) is 9.72. The quantitative estimate of drug-likeness (QED) is 0.836. The fourth-order valence-electron chi connectivity index (χ4n) is 1.85. The second kappa shape index (κ2) is 4.63. The van der Waals surface area contributed by atoms with E-state index in [-0.39, 0.29) is 6.61 Å². The van der Waals surface area contributed by atoms with Gasteiger partial charge >= 0.3 is 0 Å². The summed E-state index contributed by atoms with van der Waals surface area (Å²) in [5.41, 5.74) is 3.34. The zero-order valence-electron chi connectivity index (χ0n) is 9.72. The molecule has 4 nitrogen and oxygen atoms in total. The van der Waals surface area contributed by atoms with Gasteiger partial charge in [-0.3, -0.25) is 4.90 Å². The van der Waals surface area contributed by atoms with Crippen LogP contribution in [0.3, 0.4) is 0 Å². The molecular weight excluding hydrogens is 202 g/mol. The molecule has 4 heteroatoms. The molecule has 0 saturated carbocycles. The van der Waals surface area contributed by atoms with Gasteiger partial charge in [0.1, 0.15) is 5.65 Å². The Morgan fingerprint density at radius 3 is 3.06 bits per heavy atom. The van der Waals surface area contributed by atoms with Crippen LogP contribution >= 0.6 is 0 Å². The summed E-state index contributed by atoms with van der Waals surface area (Å²) in [7, 11) is 1.99. The van der Waals surface area contributed by atoms with Crippen LogP contribution in [0, 0.1) is 6.92 Å². The number of fused-ring (bicyclic) bond motifs is 1. The van der Waals surface area contributed by atoms with Gasteiger partial charge in [0.2, 0.25) is 0 Å². The van der Waals surface area contributed by atoms with Crippen molar-refractivity contribution >= 4 is 5.65 Å². The monoisotopic (exact) mass is 219 g/mol. The molecule has 2 aromatic heterocycles. The summed E-state index contributed by atoms with van der Waals surface area (Å²) in [5, 5.41) is 8.86. The maximum absolute atomic E-state index is 8.86. The van der Waals surface area contributed by atoms with Crippen LogP contribution in [0.25, 0.3) is 5.65 Å². The van der Waals surface area contributed by atoms with Gasteiger partial charge in [-0.1, -0.05) is 6.07 Å². The number of aliphatic hydroxyl groups is 1.